The summed E-state index contributed by atoms with van der Waals surface area (Å²) < 4.78 is 31.6. The number of anilines is 1. The van der Waals surface area contributed by atoms with Crippen LogP contribution in [0.15, 0.2) is 42.5 Å². The minimum absolute atomic E-state index is 0.124. The lowest BCUT2D eigenvalue weighted by atomic mass is 10.1. The number of rotatable bonds is 10. The molecule has 0 saturated carbocycles. The number of methoxy groups -OCH3 is 1. The standard InChI is InChI=1S/C24H33N3O5S/c1-7-25-24(29)19(4)26(15-20-9-8-10-22(14-20)32-5)23(28)16-27(33(6,30)31)21-12-17(2)11-18(3)13-21/h8-14,19H,7,15-16H2,1-6H3,(H,25,29). The number of carbonyl (C=O) groups excluding carboxylic acids is 2. The molecule has 1 unspecified atom stereocenters. The Morgan fingerprint density at radius 2 is 1.73 bits per heavy atom. The Hall–Kier alpha value is -3.07. The average molecular weight is 476 g/mol. The van der Waals surface area contributed by atoms with Crippen molar-refractivity contribution in [2.75, 3.05) is 30.8 Å². The van der Waals surface area contributed by atoms with E-state index in [-0.39, 0.29) is 12.5 Å². The van der Waals surface area contributed by atoms with Gasteiger partial charge in [0.2, 0.25) is 21.8 Å². The molecule has 0 spiro atoms. The summed E-state index contributed by atoms with van der Waals surface area (Å²) in [6, 6.07) is 11.8. The molecule has 2 rings (SSSR count). The maximum absolute atomic E-state index is 13.5. The van der Waals surface area contributed by atoms with Crippen molar-refractivity contribution in [1.29, 1.82) is 0 Å². The Labute approximate surface area is 196 Å². The first-order valence-corrected chi connectivity index (χ1v) is 12.6. The second-order valence-electron chi connectivity index (χ2n) is 8.06. The summed E-state index contributed by atoms with van der Waals surface area (Å²) in [7, 11) is -2.21. The van der Waals surface area contributed by atoms with Gasteiger partial charge in [0.25, 0.3) is 0 Å². The molecule has 9 heteroatoms. The number of ether oxygens (including phenoxy) is 1. The van der Waals surface area contributed by atoms with Crippen LogP contribution in [0.3, 0.4) is 0 Å². The summed E-state index contributed by atoms with van der Waals surface area (Å²) in [6.07, 6.45) is 1.07. The zero-order chi connectivity index (χ0) is 24.8. The topological polar surface area (TPSA) is 96.0 Å². The molecule has 0 saturated heterocycles. The summed E-state index contributed by atoms with van der Waals surface area (Å²) in [6.45, 7) is 7.28. The molecule has 0 aliphatic rings. The molecule has 2 aromatic carbocycles. The minimum atomic E-state index is -3.75. The van der Waals surface area contributed by atoms with E-state index in [0.717, 1.165) is 27.3 Å². The Morgan fingerprint density at radius 3 is 2.27 bits per heavy atom. The molecule has 0 aromatic heterocycles. The smallest absolute Gasteiger partial charge is 0.244 e. The van der Waals surface area contributed by atoms with Gasteiger partial charge in [0.05, 0.1) is 19.1 Å². The quantitative estimate of drug-likeness (QED) is 0.570. The summed E-state index contributed by atoms with van der Waals surface area (Å²) in [5.74, 6) is -0.175. The number of sulfonamides is 1. The van der Waals surface area contributed by atoms with Crippen LogP contribution < -0.4 is 14.4 Å². The largest absolute Gasteiger partial charge is 0.497 e. The van der Waals surface area contributed by atoms with E-state index in [2.05, 4.69) is 5.32 Å². The van der Waals surface area contributed by atoms with Crippen molar-refractivity contribution >= 4 is 27.5 Å². The first-order valence-electron chi connectivity index (χ1n) is 10.7. The molecule has 0 bridgehead atoms. The molecule has 1 atom stereocenters. The third-order valence-corrected chi connectivity index (χ3v) is 6.32. The van der Waals surface area contributed by atoms with Gasteiger partial charge in [-0.25, -0.2) is 8.42 Å². The fraction of sp³-hybridized carbons (Fsp3) is 0.417. The van der Waals surface area contributed by atoms with Gasteiger partial charge in [-0.2, -0.15) is 0 Å². The van der Waals surface area contributed by atoms with Gasteiger partial charge in [0.15, 0.2) is 0 Å². The average Bonchev–Trinajstić information content (AvgIpc) is 2.74. The number of benzene rings is 2. The van der Waals surface area contributed by atoms with Crippen molar-refractivity contribution in [3.63, 3.8) is 0 Å². The molecule has 0 fully saturated rings. The Kier molecular flexibility index (Phi) is 8.87. The van der Waals surface area contributed by atoms with Crippen molar-refractivity contribution in [1.82, 2.24) is 10.2 Å². The Bertz CT molecular complexity index is 1080. The van der Waals surface area contributed by atoms with Crippen LogP contribution in [0.5, 0.6) is 5.75 Å². The molecule has 2 amide bonds. The molecule has 0 aliphatic carbocycles. The number of hydrogen-bond acceptors (Lipinski definition) is 5. The van der Waals surface area contributed by atoms with Gasteiger partial charge < -0.3 is 15.0 Å². The maximum atomic E-state index is 13.5. The highest BCUT2D eigenvalue weighted by Gasteiger charge is 2.30. The predicted molar refractivity (Wildman–Crippen MR) is 130 cm³/mol. The number of nitrogens with zero attached hydrogens (tertiary/aromatic N) is 2. The molecule has 2 aromatic rings. The third-order valence-electron chi connectivity index (χ3n) is 5.18. The van der Waals surface area contributed by atoms with Gasteiger partial charge in [-0.3, -0.25) is 13.9 Å². The summed E-state index contributed by atoms with van der Waals surface area (Å²) in [4.78, 5) is 27.4. The lowest BCUT2D eigenvalue weighted by molar-refractivity contribution is -0.139. The highest BCUT2D eigenvalue weighted by atomic mass is 32.2. The molecule has 0 radical (unpaired) electrons. The molecule has 180 valence electrons. The molecule has 33 heavy (non-hydrogen) atoms. The molecular formula is C24H33N3O5S. The van der Waals surface area contributed by atoms with Crippen LogP contribution in [-0.2, 0) is 26.2 Å². The highest BCUT2D eigenvalue weighted by Crippen LogP contribution is 2.22. The molecular weight excluding hydrogens is 442 g/mol. The molecule has 8 nitrogen and oxygen atoms in total. The first-order chi connectivity index (χ1) is 15.5. The van der Waals surface area contributed by atoms with Crippen molar-refractivity contribution < 1.29 is 22.7 Å². The van der Waals surface area contributed by atoms with Gasteiger partial charge in [-0.05, 0) is 68.7 Å². The number of carbonyl (C=O) groups is 2. The summed E-state index contributed by atoms with van der Waals surface area (Å²) in [5.41, 5.74) is 2.94. The number of nitrogens with one attached hydrogen (secondary N) is 1. The highest BCUT2D eigenvalue weighted by molar-refractivity contribution is 7.92. The second kappa shape index (κ2) is 11.2. The van der Waals surface area contributed by atoms with Gasteiger partial charge in [-0.15, -0.1) is 0 Å². The van der Waals surface area contributed by atoms with Crippen molar-refractivity contribution in [3.8, 4) is 5.75 Å². The number of hydrogen-bond donors (Lipinski definition) is 1. The van der Waals surface area contributed by atoms with E-state index in [0.29, 0.717) is 18.0 Å². The zero-order valence-electron chi connectivity index (χ0n) is 20.1. The van der Waals surface area contributed by atoms with E-state index in [1.54, 1.807) is 51.3 Å². The number of likely N-dealkylation sites (N-methyl/N-ethyl adjacent to an activating group) is 1. The predicted octanol–water partition coefficient (Wildman–Crippen LogP) is 2.63. The third kappa shape index (κ3) is 7.21. The fourth-order valence-electron chi connectivity index (χ4n) is 3.58. The van der Waals surface area contributed by atoms with Gasteiger partial charge >= 0.3 is 0 Å². The van der Waals surface area contributed by atoms with E-state index < -0.39 is 28.5 Å². The lowest BCUT2D eigenvalue weighted by Gasteiger charge is -2.31. The Morgan fingerprint density at radius 1 is 1.09 bits per heavy atom. The van der Waals surface area contributed by atoms with E-state index in [4.69, 9.17) is 4.74 Å². The second-order valence-corrected chi connectivity index (χ2v) is 9.97. The molecule has 1 N–H and O–H groups in total. The van der Waals surface area contributed by atoms with Crippen LogP contribution in [0, 0.1) is 13.8 Å². The normalized spacial score (nSPS) is 12.1. The number of aryl methyl sites for hydroxylation is 2. The number of amides is 2. The van der Waals surface area contributed by atoms with Gasteiger partial charge in [0, 0.05) is 13.1 Å². The SMILES string of the molecule is CCNC(=O)C(C)N(Cc1cccc(OC)c1)C(=O)CN(c1cc(C)cc(C)c1)S(C)(=O)=O. The monoisotopic (exact) mass is 475 g/mol. The summed E-state index contributed by atoms with van der Waals surface area (Å²) in [5, 5.41) is 2.73. The Balaban J connectivity index is 2.42. The van der Waals surface area contributed by atoms with E-state index in [1.807, 2.05) is 26.0 Å². The van der Waals surface area contributed by atoms with Gasteiger partial charge in [-0.1, -0.05) is 18.2 Å². The first kappa shape index (κ1) is 26.2. The van der Waals surface area contributed by atoms with Crippen LogP contribution >= 0.6 is 0 Å². The fourth-order valence-corrected chi connectivity index (χ4v) is 4.41. The van der Waals surface area contributed by atoms with Crippen LogP contribution in [0.4, 0.5) is 5.69 Å². The minimum Gasteiger partial charge on any atom is -0.497 e. The molecule has 0 aliphatic heterocycles. The van der Waals surface area contributed by atoms with Crippen molar-refractivity contribution in [3.05, 3.63) is 59.2 Å². The van der Waals surface area contributed by atoms with Crippen LogP contribution in [0.25, 0.3) is 0 Å². The van der Waals surface area contributed by atoms with E-state index in [1.165, 1.54) is 4.90 Å². The van der Waals surface area contributed by atoms with Crippen LogP contribution in [0.1, 0.15) is 30.5 Å². The lowest BCUT2D eigenvalue weighted by Crippen LogP contribution is -2.51. The van der Waals surface area contributed by atoms with Crippen LogP contribution in [-0.4, -0.2) is 57.6 Å². The van der Waals surface area contributed by atoms with Crippen LogP contribution in [0.2, 0.25) is 0 Å². The van der Waals surface area contributed by atoms with Gasteiger partial charge in [0.1, 0.15) is 18.3 Å². The zero-order valence-corrected chi connectivity index (χ0v) is 20.9. The van der Waals surface area contributed by atoms with E-state index in [9.17, 15) is 18.0 Å². The maximum Gasteiger partial charge on any atom is 0.244 e. The summed E-state index contributed by atoms with van der Waals surface area (Å²) >= 11 is 0. The van der Waals surface area contributed by atoms with Crippen molar-refractivity contribution in [2.24, 2.45) is 0 Å². The molecule has 0 heterocycles. The van der Waals surface area contributed by atoms with E-state index >= 15 is 0 Å². The van der Waals surface area contributed by atoms with Crippen molar-refractivity contribution in [2.45, 2.75) is 40.3 Å².